The van der Waals surface area contributed by atoms with Gasteiger partial charge in [-0.3, -0.25) is 0 Å². The van der Waals surface area contributed by atoms with Crippen molar-refractivity contribution in [3.63, 3.8) is 0 Å². The molecular formula is C10H5F2N5O2. The van der Waals surface area contributed by atoms with Gasteiger partial charge >= 0.3 is 6.29 Å². The molecule has 3 heterocycles. The summed E-state index contributed by atoms with van der Waals surface area (Å²) in [7, 11) is 0. The topological polar surface area (TPSA) is 87.6 Å². The molecule has 0 atom stereocenters. The van der Waals surface area contributed by atoms with E-state index in [4.69, 9.17) is 5.73 Å². The fourth-order valence-corrected chi connectivity index (χ4v) is 2.05. The van der Waals surface area contributed by atoms with E-state index in [2.05, 4.69) is 24.5 Å². The standard InChI is InChI=1S/C10H5F2N5O2/c11-10(12)18-5-2-1-4-6(7(5)19-10)16-9(13)17-8(4)14-3-15-17/h1-3H,(H2,13,16). The molecule has 0 saturated carbocycles. The molecule has 0 spiro atoms. The average molecular weight is 265 g/mol. The van der Waals surface area contributed by atoms with E-state index in [1.807, 2.05) is 0 Å². The van der Waals surface area contributed by atoms with Gasteiger partial charge in [-0.05, 0) is 12.1 Å². The summed E-state index contributed by atoms with van der Waals surface area (Å²) in [5.41, 5.74) is 6.26. The Hall–Kier alpha value is -2.71. The van der Waals surface area contributed by atoms with Crippen molar-refractivity contribution in [1.29, 1.82) is 0 Å². The Morgan fingerprint density at radius 3 is 2.95 bits per heavy atom. The SMILES string of the molecule is Nc1nc2c3c(ccc2c2ncnn12)OC(F)(F)O3. The van der Waals surface area contributed by atoms with E-state index in [1.165, 1.54) is 16.9 Å². The minimum Gasteiger partial charge on any atom is -0.395 e. The zero-order valence-corrected chi connectivity index (χ0v) is 9.17. The van der Waals surface area contributed by atoms with Crippen molar-refractivity contribution in [2.75, 3.05) is 5.73 Å². The molecule has 0 fully saturated rings. The third-order valence-corrected chi connectivity index (χ3v) is 2.78. The van der Waals surface area contributed by atoms with E-state index in [9.17, 15) is 8.78 Å². The number of aromatic nitrogens is 4. The molecule has 0 aliphatic carbocycles. The summed E-state index contributed by atoms with van der Waals surface area (Å²) in [4.78, 5) is 8.03. The molecule has 0 radical (unpaired) electrons. The van der Waals surface area contributed by atoms with Crippen LogP contribution in [-0.2, 0) is 0 Å². The average Bonchev–Trinajstić information content (AvgIpc) is 2.92. The predicted molar refractivity (Wildman–Crippen MR) is 58.9 cm³/mol. The van der Waals surface area contributed by atoms with Crippen LogP contribution in [0.4, 0.5) is 14.7 Å². The third-order valence-electron chi connectivity index (χ3n) is 2.78. The highest BCUT2D eigenvalue weighted by Crippen LogP contribution is 2.45. The lowest BCUT2D eigenvalue weighted by molar-refractivity contribution is -0.286. The first-order valence-electron chi connectivity index (χ1n) is 5.23. The first-order chi connectivity index (χ1) is 9.05. The van der Waals surface area contributed by atoms with Crippen LogP contribution in [0.25, 0.3) is 16.6 Å². The van der Waals surface area contributed by atoms with Gasteiger partial charge in [-0.25, -0.2) is 9.97 Å². The first kappa shape index (κ1) is 10.2. The molecule has 7 nitrogen and oxygen atoms in total. The molecule has 1 aromatic carbocycles. The summed E-state index contributed by atoms with van der Waals surface area (Å²) in [5.74, 6) is -0.222. The lowest BCUT2D eigenvalue weighted by atomic mass is 10.2. The molecule has 0 saturated heterocycles. The van der Waals surface area contributed by atoms with Crippen molar-refractivity contribution in [2.24, 2.45) is 0 Å². The van der Waals surface area contributed by atoms with Gasteiger partial charge in [-0.15, -0.1) is 8.78 Å². The second-order valence-electron chi connectivity index (χ2n) is 3.92. The van der Waals surface area contributed by atoms with E-state index < -0.39 is 6.29 Å². The molecule has 1 aliphatic heterocycles. The molecular weight excluding hydrogens is 260 g/mol. The van der Waals surface area contributed by atoms with Crippen LogP contribution < -0.4 is 15.2 Å². The van der Waals surface area contributed by atoms with Crippen molar-refractivity contribution in [1.82, 2.24) is 19.6 Å². The number of ether oxygens (including phenoxy) is 2. The van der Waals surface area contributed by atoms with E-state index in [-0.39, 0.29) is 23.0 Å². The maximum atomic E-state index is 13.1. The van der Waals surface area contributed by atoms with Gasteiger partial charge in [0.1, 0.15) is 11.8 Å². The molecule has 9 heteroatoms. The molecule has 0 amide bonds. The number of benzene rings is 1. The van der Waals surface area contributed by atoms with Crippen LogP contribution in [0.3, 0.4) is 0 Å². The Morgan fingerprint density at radius 1 is 1.26 bits per heavy atom. The van der Waals surface area contributed by atoms with Crippen molar-refractivity contribution in [3.8, 4) is 11.5 Å². The lowest BCUT2D eigenvalue weighted by Crippen LogP contribution is -2.26. The van der Waals surface area contributed by atoms with E-state index >= 15 is 0 Å². The summed E-state index contributed by atoms with van der Waals surface area (Å²) < 4.78 is 36.3. The van der Waals surface area contributed by atoms with Crippen molar-refractivity contribution in [3.05, 3.63) is 18.5 Å². The third kappa shape index (κ3) is 1.26. The van der Waals surface area contributed by atoms with Gasteiger partial charge in [-0.2, -0.15) is 9.61 Å². The zero-order chi connectivity index (χ0) is 13.2. The van der Waals surface area contributed by atoms with Crippen LogP contribution in [0.15, 0.2) is 18.5 Å². The Bertz CT molecular complexity index is 832. The van der Waals surface area contributed by atoms with Crippen LogP contribution in [-0.4, -0.2) is 25.9 Å². The van der Waals surface area contributed by atoms with Gasteiger partial charge in [0.2, 0.25) is 5.95 Å². The summed E-state index contributed by atoms with van der Waals surface area (Å²) in [6.45, 7) is 0. The predicted octanol–water partition coefficient (Wildman–Crippen LogP) is 1.18. The van der Waals surface area contributed by atoms with Gasteiger partial charge in [-0.1, -0.05) is 0 Å². The molecule has 1 aliphatic rings. The number of fused-ring (bicyclic) bond motifs is 5. The monoisotopic (exact) mass is 265 g/mol. The molecule has 3 aromatic rings. The first-order valence-corrected chi connectivity index (χ1v) is 5.23. The highest BCUT2D eigenvalue weighted by Gasteiger charge is 2.44. The fourth-order valence-electron chi connectivity index (χ4n) is 2.05. The minimum atomic E-state index is -3.70. The number of nitrogens with zero attached hydrogens (tertiary/aromatic N) is 4. The Kier molecular flexibility index (Phi) is 1.61. The lowest BCUT2D eigenvalue weighted by Gasteiger charge is -2.05. The summed E-state index contributed by atoms with van der Waals surface area (Å²) >= 11 is 0. The molecule has 2 aromatic heterocycles. The fraction of sp³-hybridized carbons (Fsp3) is 0.100. The van der Waals surface area contributed by atoms with Crippen LogP contribution in [0.1, 0.15) is 0 Å². The molecule has 4 rings (SSSR count). The number of alkyl halides is 2. The molecule has 2 N–H and O–H groups in total. The minimum absolute atomic E-state index is 0.0206. The van der Waals surface area contributed by atoms with Crippen LogP contribution in [0, 0.1) is 0 Å². The second kappa shape index (κ2) is 2.99. The number of rotatable bonds is 0. The number of hydrogen-bond acceptors (Lipinski definition) is 6. The summed E-state index contributed by atoms with van der Waals surface area (Å²) in [6, 6.07) is 2.92. The van der Waals surface area contributed by atoms with E-state index in [0.29, 0.717) is 11.0 Å². The van der Waals surface area contributed by atoms with E-state index in [1.54, 1.807) is 6.07 Å². The highest BCUT2D eigenvalue weighted by molar-refractivity contribution is 5.97. The Morgan fingerprint density at radius 2 is 2.11 bits per heavy atom. The maximum Gasteiger partial charge on any atom is 0.586 e. The van der Waals surface area contributed by atoms with Crippen LogP contribution in [0.2, 0.25) is 0 Å². The second-order valence-corrected chi connectivity index (χ2v) is 3.92. The smallest absolute Gasteiger partial charge is 0.395 e. The molecule has 0 unspecified atom stereocenters. The normalized spacial score (nSPS) is 16.3. The number of anilines is 1. The van der Waals surface area contributed by atoms with Crippen LogP contribution in [0.5, 0.6) is 11.5 Å². The zero-order valence-electron chi connectivity index (χ0n) is 9.17. The van der Waals surface area contributed by atoms with Crippen molar-refractivity contribution < 1.29 is 18.3 Å². The quantitative estimate of drug-likeness (QED) is 0.656. The number of hydrogen-bond donors (Lipinski definition) is 1. The number of halogens is 2. The van der Waals surface area contributed by atoms with Gasteiger partial charge in [0.05, 0.1) is 0 Å². The Labute approximate surface area is 103 Å². The van der Waals surface area contributed by atoms with Crippen LogP contribution >= 0.6 is 0 Å². The van der Waals surface area contributed by atoms with Gasteiger partial charge in [0, 0.05) is 5.39 Å². The van der Waals surface area contributed by atoms with Crippen molar-refractivity contribution >= 4 is 22.5 Å². The van der Waals surface area contributed by atoms with Gasteiger partial charge in [0.15, 0.2) is 17.1 Å². The van der Waals surface area contributed by atoms with Gasteiger partial charge < -0.3 is 15.2 Å². The number of nitrogens with two attached hydrogens (primary N) is 1. The van der Waals surface area contributed by atoms with Crippen molar-refractivity contribution in [2.45, 2.75) is 6.29 Å². The summed E-state index contributed by atoms with van der Waals surface area (Å²) in [5, 5.41) is 4.38. The highest BCUT2D eigenvalue weighted by atomic mass is 19.3. The molecule has 96 valence electrons. The molecule has 0 bridgehead atoms. The Balaban J connectivity index is 2.14. The van der Waals surface area contributed by atoms with Gasteiger partial charge in [0.25, 0.3) is 0 Å². The maximum absolute atomic E-state index is 13.1. The van der Waals surface area contributed by atoms with E-state index in [0.717, 1.165) is 0 Å². The summed E-state index contributed by atoms with van der Waals surface area (Å²) in [6.07, 6.45) is -2.40. The molecule has 19 heavy (non-hydrogen) atoms. The number of nitrogen functional groups attached to an aromatic ring is 1. The largest absolute Gasteiger partial charge is 0.586 e.